The Kier molecular flexibility index (Phi) is 20.1. The topological polar surface area (TPSA) is 135 Å². The van der Waals surface area contributed by atoms with Crippen LogP contribution in [0, 0.1) is 27.6 Å². The number of rotatable bonds is 28. The van der Waals surface area contributed by atoms with Gasteiger partial charge in [0.15, 0.2) is 11.6 Å². The Balaban J connectivity index is 6.11. The summed E-state index contributed by atoms with van der Waals surface area (Å²) in [6, 6.07) is 0. The van der Waals surface area contributed by atoms with Crippen LogP contribution in [0.4, 0.5) is 0 Å². The van der Waals surface area contributed by atoms with Crippen molar-refractivity contribution in [3.05, 3.63) is 0 Å². The number of hydrogen-bond donors (Lipinski definition) is 1. The summed E-state index contributed by atoms with van der Waals surface area (Å²) in [5.74, 6) is -1.80. The lowest BCUT2D eigenvalue weighted by Gasteiger charge is -2.48. The van der Waals surface area contributed by atoms with Crippen molar-refractivity contribution in [2.24, 2.45) is 27.6 Å². The standard InChI is InChI=1S/C48H90O10/c1-23-33(7)54-32-36(49)40(10,11)41(12,13)56-35(9)38(51)46(20,26-4)43(16,17)55-30-29-44(18,24-2)48(22,28-6)57-37(50)31-45(19,25-3)42(14,15)58-39(52)34(8)47(21,53)27-5/h33-35,53H,23-32H2,1-22H3. The van der Waals surface area contributed by atoms with E-state index in [-0.39, 0.29) is 36.7 Å². The van der Waals surface area contributed by atoms with Crippen LogP contribution in [0.5, 0.6) is 0 Å². The third-order valence-corrected chi connectivity index (χ3v) is 16.0. The minimum absolute atomic E-state index is 0.0185. The molecule has 0 amide bonds. The van der Waals surface area contributed by atoms with Gasteiger partial charge in [0, 0.05) is 17.4 Å². The van der Waals surface area contributed by atoms with Crippen molar-refractivity contribution in [1.82, 2.24) is 0 Å². The van der Waals surface area contributed by atoms with Crippen LogP contribution in [0.25, 0.3) is 0 Å². The molecular weight excluding hydrogens is 737 g/mol. The van der Waals surface area contributed by atoms with Crippen molar-refractivity contribution in [3.8, 4) is 0 Å². The molecule has 8 unspecified atom stereocenters. The zero-order valence-corrected chi connectivity index (χ0v) is 41.4. The maximum absolute atomic E-state index is 14.4. The second kappa shape index (κ2) is 20.8. The van der Waals surface area contributed by atoms with Gasteiger partial charge in [0.1, 0.15) is 23.9 Å². The fourth-order valence-corrected chi connectivity index (χ4v) is 7.36. The minimum atomic E-state index is -1.21. The molecule has 0 aromatic rings. The van der Waals surface area contributed by atoms with Crippen molar-refractivity contribution in [1.29, 1.82) is 0 Å². The Hall–Kier alpha value is -1.88. The molecule has 342 valence electrons. The van der Waals surface area contributed by atoms with E-state index in [1.165, 1.54) is 0 Å². The Morgan fingerprint density at radius 1 is 0.621 bits per heavy atom. The second-order valence-corrected chi connectivity index (χ2v) is 20.4. The average Bonchev–Trinajstić information content (AvgIpc) is 3.14. The fourth-order valence-electron chi connectivity index (χ4n) is 7.36. The number of esters is 2. The van der Waals surface area contributed by atoms with Gasteiger partial charge in [-0.25, -0.2) is 0 Å². The third kappa shape index (κ3) is 12.6. The molecule has 10 heteroatoms. The van der Waals surface area contributed by atoms with E-state index in [9.17, 15) is 24.3 Å². The average molecular weight is 827 g/mol. The number of carbonyl (C=O) groups excluding carboxylic acids is 4. The highest BCUT2D eigenvalue weighted by molar-refractivity contribution is 5.90. The zero-order chi connectivity index (χ0) is 46.1. The lowest BCUT2D eigenvalue weighted by atomic mass is 9.67. The Morgan fingerprint density at radius 3 is 1.57 bits per heavy atom. The normalized spacial score (nSPS) is 19.9. The van der Waals surface area contributed by atoms with Gasteiger partial charge in [-0.1, -0.05) is 69.2 Å². The summed E-state index contributed by atoms with van der Waals surface area (Å²) < 4.78 is 31.4. The van der Waals surface area contributed by atoms with Crippen LogP contribution >= 0.6 is 0 Å². The molecule has 0 aliphatic carbocycles. The van der Waals surface area contributed by atoms with Crippen LogP contribution in [0.3, 0.4) is 0 Å². The van der Waals surface area contributed by atoms with Crippen LogP contribution in [0.15, 0.2) is 0 Å². The predicted molar refractivity (Wildman–Crippen MR) is 234 cm³/mol. The molecule has 0 saturated heterocycles. The van der Waals surface area contributed by atoms with Crippen molar-refractivity contribution in [2.45, 2.75) is 244 Å². The molecule has 0 aliphatic heterocycles. The summed E-state index contributed by atoms with van der Waals surface area (Å²) in [5.41, 5.74) is -8.02. The zero-order valence-electron chi connectivity index (χ0n) is 41.4. The summed E-state index contributed by atoms with van der Waals surface area (Å²) in [6.45, 7) is 42.0. The molecule has 0 heterocycles. The van der Waals surface area contributed by atoms with Crippen LogP contribution in [-0.2, 0) is 42.9 Å². The van der Waals surface area contributed by atoms with E-state index in [2.05, 4.69) is 13.8 Å². The van der Waals surface area contributed by atoms with Gasteiger partial charge in [-0.15, -0.1) is 0 Å². The van der Waals surface area contributed by atoms with Crippen molar-refractivity contribution in [3.63, 3.8) is 0 Å². The SMILES string of the molecule is CCC(C)OCC(=O)C(C)(C)C(C)(C)OC(C)C(=O)C(C)(CC)C(C)(C)OCCC(C)(CC)C(C)(CC)OC(=O)CC(C)(CC)C(C)(C)OC(=O)C(C)C(C)(O)CC. The molecular formula is C48H90O10. The van der Waals surface area contributed by atoms with Gasteiger partial charge in [-0.2, -0.15) is 0 Å². The van der Waals surface area contributed by atoms with E-state index in [1.54, 1.807) is 20.8 Å². The molecule has 0 aliphatic rings. The van der Waals surface area contributed by atoms with E-state index >= 15 is 0 Å². The largest absolute Gasteiger partial charge is 0.459 e. The Labute approximate surface area is 355 Å². The van der Waals surface area contributed by atoms with Crippen molar-refractivity contribution >= 4 is 23.5 Å². The summed E-state index contributed by atoms with van der Waals surface area (Å²) in [4.78, 5) is 54.8. The van der Waals surface area contributed by atoms with Gasteiger partial charge in [-0.05, 0) is 128 Å². The molecule has 58 heavy (non-hydrogen) atoms. The van der Waals surface area contributed by atoms with Gasteiger partial charge in [0.25, 0.3) is 0 Å². The maximum Gasteiger partial charge on any atom is 0.312 e. The lowest BCUT2D eigenvalue weighted by Crippen LogP contribution is -2.56. The van der Waals surface area contributed by atoms with Gasteiger partial charge < -0.3 is 28.8 Å². The quantitative estimate of drug-likeness (QED) is 0.0760. The summed E-state index contributed by atoms with van der Waals surface area (Å²) in [7, 11) is 0. The number of ketones is 2. The highest BCUT2D eigenvalue weighted by Crippen LogP contribution is 2.48. The van der Waals surface area contributed by atoms with E-state index in [0.29, 0.717) is 45.1 Å². The molecule has 8 atom stereocenters. The Bertz CT molecular complexity index is 1360. The highest BCUT2D eigenvalue weighted by Gasteiger charge is 2.53. The molecule has 0 radical (unpaired) electrons. The van der Waals surface area contributed by atoms with Gasteiger partial charge in [0.05, 0.1) is 46.1 Å². The minimum Gasteiger partial charge on any atom is -0.459 e. The lowest BCUT2D eigenvalue weighted by molar-refractivity contribution is -0.196. The molecule has 0 spiro atoms. The number of hydrogen-bond acceptors (Lipinski definition) is 10. The first kappa shape index (κ1) is 56.1. The number of aliphatic hydroxyl groups is 1. The van der Waals surface area contributed by atoms with E-state index in [0.717, 1.165) is 6.42 Å². The first-order valence-electron chi connectivity index (χ1n) is 22.2. The first-order chi connectivity index (χ1) is 26.1. The molecule has 1 N–H and O–H groups in total. The molecule has 0 aromatic carbocycles. The molecule has 0 aromatic heterocycles. The fraction of sp³-hybridized carbons (Fsp3) is 0.917. The number of ether oxygens (including phenoxy) is 5. The van der Waals surface area contributed by atoms with Crippen molar-refractivity contribution < 1.29 is 48.0 Å². The highest BCUT2D eigenvalue weighted by atomic mass is 16.6. The summed E-state index contributed by atoms with van der Waals surface area (Å²) in [5, 5.41) is 10.7. The van der Waals surface area contributed by atoms with Crippen LogP contribution in [0.2, 0.25) is 0 Å². The molecule has 0 saturated carbocycles. The third-order valence-electron chi connectivity index (χ3n) is 16.0. The Morgan fingerprint density at radius 2 is 1.14 bits per heavy atom. The number of carbonyl (C=O) groups is 4. The maximum atomic E-state index is 14.4. The van der Waals surface area contributed by atoms with Gasteiger partial charge in [0.2, 0.25) is 0 Å². The second-order valence-electron chi connectivity index (χ2n) is 20.4. The first-order valence-corrected chi connectivity index (χ1v) is 22.2. The molecule has 0 bridgehead atoms. The smallest absolute Gasteiger partial charge is 0.312 e. The van der Waals surface area contributed by atoms with E-state index in [1.807, 2.05) is 118 Å². The molecule has 0 fully saturated rings. The van der Waals surface area contributed by atoms with Crippen LogP contribution in [0.1, 0.15) is 204 Å². The summed E-state index contributed by atoms with van der Waals surface area (Å²) in [6.07, 6.45) is 3.29. The van der Waals surface area contributed by atoms with Gasteiger partial charge in [-0.3, -0.25) is 19.2 Å². The molecule has 10 nitrogen and oxygen atoms in total. The van der Waals surface area contributed by atoms with Crippen LogP contribution in [-0.4, -0.2) is 82.0 Å². The summed E-state index contributed by atoms with van der Waals surface area (Å²) >= 11 is 0. The van der Waals surface area contributed by atoms with Crippen molar-refractivity contribution in [2.75, 3.05) is 13.2 Å². The predicted octanol–water partition coefficient (Wildman–Crippen LogP) is 10.8. The van der Waals surface area contributed by atoms with Gasteiger partial charge >= 0.3 is 11.9 Å². The number of Topliss-reactive ketones (excluding diaryl/α,β-unsaturated/α-hetero) is 2. The van der Waals surface area contributed by atoms with E-state index < -0.39 is 67.7 Å². The van der Waals surface area contributed by atoms with Crippen LogP contribution < -0.4 is 0 Å². The molecule has 0 rings (SSSR count). The van der Waals surface area contributed by atoms with E-state index in [4.69, 9.17) is 23.7 Å². The monoisotopic (exact) mass is 827 g/mol.